The molecule has 0 aliphatic rings. The van der Waals surface area contributed by atoms with Crippen LogP contribution in [-0.2, 0) is 28.8 Å². The van der Waals surface area contributed by atoms with Crippen molar-refractivity contribution in [3.63, 3.8) is 0 Å². The number of rotatable bonds is 36. The van der Waals surface area contributed by atoms with Crippen LogP contribution in [-0.4, -0.2) is 77.4 Å². The number of unbranched alkanes of at least 4 members (excludes halogenated alkanes) is 17. The van der Waals surface area contributed by atoms with Gasteiger partial charge in [-0.05, 0) is 57.8 Å². The summed E-state index contributed by atoms with van der Waals surface area (Å²) in [6.45, 7) is 0.837. The number of carboxylic acids is 2. The second-order valence-corrected chi connectivity index (χ2v) is 13.5. The Balaban J connectivity index is 3.75. The van der Waals surface area contributed by atoms with Gasteiger partial charge in [-0.3, -0.25) is 24.0 Å². The molecule has 1 radical (unpaired) electrons. The monoisotopic (exact) mass is 711 g/mol. The summed E-state index contributed by atoms with van der Waals surface area (Å²) in [6, 6.07) is -2.36. The van der Waals surface area contributed by atoms with Gasteiger partial charge in [0.25, 0.3) is 0 Å². The molecular formula is C37H68N5O8. The summed E-state index contributed by atoms with van der Waals surface area (Å²) in [5.41, 5.74) is 11.4. The van der Waals surface area contributed by atoms with Crippen molar-refractivity contribution in [1.82, 2.24) is 16.0 Å². The zero-order chi connectivity index (χ0) is 37.2. The minimum absolute atomic E-state index is 0.00741. The Bertz CT molecular complexity index is 936. The van der Waals surface area contributed by atoms with Crippen LogP contribution in [0.15, 0.2) is 0 Å². The number of amides is 3. The highest BCUT2D eigenvalue weighted by Gasteiger charge is 2.21. The normalized spacial score (nSPS) is 12.8. The highest BCUT2D eigenvalue weighted by molar-refractivity contribution is 5.84. The van der Waals surface area contributed by atoms with Crippen LogP contribution in [0, 0.1) is 0 Å². The van der Waals surface area contributed by atoms with Gasteiger partial charge in [-0.25, -0.2) is 4.79 Å². The van der Waals surface area contributed by atoms with E-state index in [9.17, 15) is 33.9 Å². The molecule has 0 aromatic rings. The van der Waals surface area contributed by atoms with Crippen molar-refractivity contribution in [2.45, 2.75) is 185 Å². The molecule has 0 fully saturated rings. The fourth-order valence-electron chi connectivity index (χ4n) is 5.66. The molecule has 50 heavy (non-hydrogen) atoms. The number of nitrogens with one attached hydrogen (secondary N) is 3. The molecule has 13 heteroatoms. The fraction of sp³-hybridized carbons (Fsp3) is 0.838. The van der Waals surface area contributed by atoms with Crippen LogP contribution in [0.3, 0.4) is 0 Å². The molecule has 0 aliphatic heterocycles. The van der Waals surface area contributed by atoms with Crippen LogP contribution in [0.1, 0.15) is 167 Å². The number of nitrogens with two attached hydrogens (primary N) is 2. The quantitative estimate of drug-likeness (QED) is 0.0440. The molecule has 3 atom stereocenters. The Hall–Kier alpha value is -3.06. The lowest BCUT2D eigenvalue weighted by atomic mass is 10.0. The molecule has 0 saturated heterocycles. The van der Waals surface area contributed by atoms with E-state index in [0.717, 1.165) is 38.5 Å². The predicted molar refractivity (Wildman–Crippen MR) is 195 cm³/mol. The average Bonchev–Trinajstić information content (AvgIpc) is 3.08. The van der Waals surface area contributed by atoms with Gasteiger partial charge in [-0.15, -0.1) is 0 Å². The highest BCUT2D eigenvalue weighted by atomic mass is 16.4. The summed E-state index contributed by atoms with van der Waals surface area (Å²) in [6.07, 6.45) is 23.9. The maximum Gasteiger partial charge on any atom is 0.326 e. The van der Waals surface area contributed by atoms with Gasteiger partial charge in [0.05, 0.1) is 12.1 Å². The van der Waals surface area contributed by atoms with Crippen molar-refractivity contribution in [2.24, 2.45) is 11.5 Å². The van der Waals surface area contributed by atoms with Gasteiger partial charge in [-0.2, -0.15) is 0 Å². The van der Waals surface area contributed by atoms with Gasteiger partial charge in [0.2, 0.25) is 24.0 Å². The van der Waals surface area contributed by atoms with Crippen LogP contribution in [0.4, 0.5) is 0 Å². The molecule has 0 aromatic heterocycles. The van der Waals surface area contributed by atoms with Gasteiger partial charge >= 0.3 is 11.9 Å². The molecule has 0 bridgehead atoms. The van der Waals surface area contributed by atoms with Crippen LogP contribution in [0.5, 0.6) is 0 Å². The summed E-state index contributed by atoms with van der Waals surface area (Å²) in [5.74, 6) is -2.71. The maximum atomic E-state index is 12.3. The van der Waals surface area contributed by atoms with Crippen molar-refractivity contribution in [3.05, 3.63) is 0 Å². The number of hydrogen-bond donors (Lipinski definition) is 7. The number of carbonyl (C=O) groups excluding carboxylic acids is 4. The third kappa shape index (κ3) is 31.0. The minimum atomic E-state index is -1.16. The summed E-state index contributed by atoms with van der Waals surface area (Å²) in [7, 11) is 0. The predicted octanol–water partition coefficient (Wildman–Crippen LogP) is 4.78. The van der Waals surface area contributed by atoms with E-state index in [1.54, 1.807) is 6.29 Å². The third-order valence-corrected chi connectivity index (χ3v) is 8.83. The van der Waals surface area contributed by atoms with E-state index in [0.29, 0.717) is 58.0 Å². The molecule has 0 heterocycles. The Morgan fingerprint density at radius 3 is 1.46 bits per heavy atom. The second kappa shape index (κ2) is 33.1. The number of aliphatic carboxylic acids is 2. The highest BCUT2D eigenvalue weighted by Crippen LogP contribution is 2.14. The summed E-state index contributed by atoms with van der Waals surface area (Å²) < 4.78 is 0. The van der Waals surface area contributed by atoms with Crippen molar-refractivity contribution in [3.8, 4) is 0 Å². The van der Waals surface area contributed by atoms with Crippen molar-refractivity contribution in [2.75, 3.05) is 13.1 Å². The number of carbonyl (C=O) groups is 5. The van der Waals surface area contributed by atoms with Gasteiger partial charge in [0, 0.05) is 32.4 Å². The van der Waals surface area contributed by atoms with E-state index in [4.69, 9.17) is 16.6 Å². The lowest BCUT2D eigenvalue weighted by molar-refractivity contribution is -0.142. The molecule has 289 valence electrons. The first-order valence-corrected chi connectivity index (χ1v) is 19.2. The number of hydrogen-bond acceptors (Lipinski definition) is 8. The Kier molecular flexibility index (Phi) is 31.1. The van der Waals surface area contributed by atoms with E-state index < -0.39 is 30.1 Å². The third-order valence-electron chi connectivity index (χ3n) is 8.83. The van der Waals surface area contributed by atoms with Gasteiger partial charge in [-0.1, -0.05) is 89.9 Å². The van der Waals surface area contributed by atoms with E-state index in [1.165, 1.54) is 57.8 Å². The SMILES string of the molecule is N[C@H]([C]=O)CCCCNC(=O)[C@@H](N)CCCCNC(=O)CC[C@H](NC(=O)CCCCCCCCCCCCCCCCCCC(=O)O)C(=O)O. The lowest BCUT2D eigenvalue weighted by Crippen LogP contribution is -2.41. The fourth-order valence-corrected chi connectivity index (χ4v) is 5.66. The molecule has 9 N–H and O–H groups in total. The van der Waals surface area contributed by atoms with Crippen LogP contribution >= 0.6 is 0 Å². The zero-order valence-electron chi connectivity index (χ0n) is 30.5. The minimum Gasteiger partial charge on any atom is -0.481 e. The maximum absolute atomic E-state index is 12.3. The summed E-state index contributed by atoms with van der Waals surface area (Å²) in [4.78, 5) is 69.1. The molecule has 0 rings (SSSR count). The molecule has 13 nitrogen and oxygen atoms in total. The second-order valence-electron chi connectivity index (χ2n) is 13.5. The van der Waals surface area contributed by atoms with E-state index in [-0.39, 0.29) is 43.4 Å². The molecule has 0 spiro atoms. The van der Waals surface area contributed by atoms with Crippen molar-refractivity contribution >= 4 is 35.9 Å². The molecule has 0 aromatic carbocycles. The lowest BCUT2D eigenvalue weighted by Gasteiger charge is -2.15. The smallest absolute Gasteiger partial charge is 0.326 e. The molecule has 3 amide bonds. The van der Waals surface area contributed by atoms with Crippen LogP contribution in [0.25, 0.3) is 0 Å². The van der Waals surface area contributed by atoms with Gasteiger partial charge < -0.3 is 37.6 Å². The first-order chi connectivity index (χ1) is 24.1. The van der Waals surface area contributed by atoms with Crippen molar-refractivity contribution < 1.29 is 39.0 Å². The Morgan fingerprint density at radius 2 is 0.980 bits per heavy atom. The molecule has 0 aliphatic carbocycles. The Labute approximate surface area is 300 Å². The first kappa shape index (κ1) is 46.9. The van der Waals surface area contributed by atoms with Crippen LogP contribution in [0.2, 0.25) is 0 Å². The number of carboxylic acid groups (broad SMARTS) is 2. The largest absolute Gasteiger partial charge is 0.481 e. The zero-order valence-corrected chi connectivity index (χ0v) is 30.5. The van der Waals surface area contributed by atoms with Crippen LogP contribution < -0.4 is 27.4 Å². The van der Waals surface area contributed by atoms with Gasteiger partial charge in [0.1, 0.15) is 6.04 Å². The van der Waals surface area contributed by atoms with Gasteiger partial charge in [0.15, 0.2) is 0 Å². The van der Waals surface area contributed by atoms with E-state index >= 15 is 0 Å². The standard InChI is InChI=1S/C37H68N5O8/c38-30(29-43)21-17-19-28-41-36(48)31(39)22-18-20-27-40-33(44)26-25-32(37(49)50)42-34(45)23-15-13-11-9-7-5-3-1-2-4-6-8-10-12-14-16-24-35(46)47/h30-32H,1-28,38-39H2,(H,40,44)(H,41,48)(H,42,45)(H,46,47)(H,49,50)/t30-,31-,32-/m0/s1. The molecule has 0 saturated carbocycles. The average molecular weight is 711 g/mol. The molecule has 0 unspecified atom stereocenters. The van der Waals surface area contributed by atoms with Crippen molar-refractivity contribution in [1.29, 1.82) is 0 Å². The first-order valence-electron chi connectivity index (χ1n) is 19.2. The Morgan fingerprint density at radius 1 is 0.520 bits per heavy atom. The summed E-state index contributed by atoms with van der Waals surface area (Å²) in [5, 5.41) is 26.2. The summed E-state index contributed by atoms with van der Waals surface area (Å²) >= 11 is 0. The molecular weight excluding hydrogens is 642 g/mol. The van der Waals surface area contributed by atoms with E-state index in [2.05, 4.69) is 16.0 Å². The van der Waals surface area contributed by atoms with E-state index in [1.807, 2.05) is 0 Å². The topological polar surface area (TPSA) is 231 Å².